The highest BCUT2D eigenvalue weighted by Crippen LogP contribution is 2.37. The Morgan fingerprint density at radius 1 is 1.27 bits per heavy atom. The Morgan fingerprint density at radius 3 is 2.73 bits per heavy atom. The summed E-state index contributed by atoms with van der Waals surface area (Å²) in [7, 11) is 0. The van der Waals surface area contributed by atoms with Crippen molar-refractivity contribution in [1.82, 2.24) is 0 Å². The van der Waals surface area contributed by atoms with Gasteiger partial charge in [-0.15, -0.1) is 0 Å². The van der Waals surface area contributed by atoms with E-state index in [9.17, 15) is 5.11 Å². The fourth-order valence-corrected chi connectivity index (χ4v) is 2.36. The lowest BCUT2D eigenvalue weighted by Crippen LogP contribution is -2.25. The fourth-order valence-electron chi connectivity index (χ4n) is 1.90. The van der Waals surface area contributed by atoms with E-state index in [0.717, 1.165) is 12.8 Å². The van der Waals surface area contributed by atoms with E-state index in [1.807, 2.05) is 12.2 Å². The Bertz CT molecular complexity index is 401. The summed E-state index contributed by atoms with van der Waals surface area (Å²) in [5.74, 6) is 0. The summed E-state index contributed by atoms with van der Waals surface area (Å²) in [5.41, 5.74) is -0.243. The Morgan fingerprint density at radius 2 is 2.07 bits per heavy atom. The van der Waals surface area contributed by atoms with Crippen LogP contribution in [0.2, 0.25) is 10.0 Å². The first-order chi connectivity index (χ1) is 7.12. The van der Waals surface area contributed by atoms with Gasteiger partial charge in [0.2, 0.25) is 0 Å². The zero-order valence-corrected chi connectivity index (χ0v) is 9.72. The van der Waals surface area contributed by atoms with Gasteiger partial charge in [0.15, 0.2) is 0 Å². The topological polar surface area (TPSA) is 20.2 Å². The summed E-state index contributed by atoms with van der Waals surface area (Å²) in [6.45, 7) is 0. The molecule has 2 rings (SSSR count). The molecular weight excluding hydrogens is 231 g/mol. The second kappa shape index (κ2) is 4.17. The molecule has 0 aromatic heterocycles. The van der Waals surface area contributed by atoms with E-state index in [1.165, 1.54) is 0 Å². The number of benzene rings is 1. The molecular formula is C12H12Cl2O. The average molecular weight is 243 g/mol. The van der Waals surface area contributed by atoms with Crippen molar-refractivity contribution in [3.05, 3.63) is 46.0 Å². The zero-order chi connectivity index (χ0) is 10.9. The van der Waals surface area contributed by atoms with Crippen LogP contribution in [0.15, 0.2) is 30.4 Å². The van der Waals surface area contributed by atoms with Crippen molar-refractivity contribution in [2.24, 2.45) is 0 Å². The first-order valence-corrected chi connectivity index (χ1v) is 5.73. The summed E-state index contributed by atoms with van der Waals surface area (Å²) < 4.78 is 0. The Kier molecular flexibility index (Phi) is 3.06. The molecule has 1 atom stereocenters. The third-order valence-electron chi connectivity index (χ3n) is 2.72. The SMILES string of the molecule is OC1(c2cc(Cl)ccc2Cl)C=CCCC1. The first kappa shape index (κ1) is 11.0. The highest BCUT2D eigenvalue weighted by molar-refractivity contribution is 6.33. The van der Waals surface area contributed by atoms with Crippen molar-refractivity contribution in [3.63, 3.8) is 0 Å². The molecule has 0 heterocycles. The number of halogens is 2. The molecule has 3 heteroatoms. The monoisotopic (exact) mass is 242 g/mol. The predicted octanol–water partition coefficient (Wildman–Crippen LogP) is 3.92. The smallest absolute Gasteiger partial charge is 0.109 e. The van der Waals surface area contributed by atoms with Crippen molar-refractivity contribution >= 4 is 23.2 Å². The van der Waals surface area contributed by atoms with E-state index in [1.54, 1.807) is 18.2 Å². The average Bonchev–Trinajstić information content (AvgIpc) is 2.23. The lowest BCUT2D eigenvalue weighted by atomic mass is 9.85. The maximum absolute atomic E-state index is 10.4. The van der Waals surface area contributed by atoms with Crippen molar-refractivity contribution in [2.45, 2.75) is 24.9 Å². The minimum Gasteiger partial charge on any atom is -0.381 e. The normalized spacial score (nSPS) is 25.5. The minimum atomic E-state index is -0.944. The summed E-state index contributed by atoms with van der Waals surface area (Å²) in [4.78, 5) is 0. The van der Waals surface area contributed by atoms with Crippen LogP contribution in [0.4, 0.5) is 0 Å². The maximum Gasteiger partial charge on any atom is 0.109 e. The lowest BCUT2D eigenvalue weighted by molar-refractivity contribution is 0.0727. The second-order valence-electron chi connectivity index (χ2n) is 3.84. The molecule has 1 N–H and O–H groups in total. The van der Waals surface area contributed by atoms with Gasteiger partial charge in [-0.05, 0) is 37.5 Å². The number of hydrogen-bond donors (Lipinski definition) is 1. The van der Waals surface area contributed by atoms with Gasteiger partial charge in [-0.3, -0.25) is 0 Å². The van der Waals surface area contributed by atoms with E-state index in [2.05, 4.69) is 0 Å². The van der Waals surface area contributed by atoms with Gasteiger partial charge in [0, 0.05) is 15.6 Å². The summed E-state index contributed by atoms with van der Waals surface area (Å²) in [5, 5.41) is 11.6. The molecule has 1 aromatic rings. The van der Waals surface area contributed by atoms with Gasteiger partial charge in [-0.1, -0.05) is 35.4 Å². The molecule has 1 aliphatic rings. The van der Waals surface area contributed by atoms with Crippen molar-refractivity contribution in [3.8, 4) is 0 Å². The highest BCUT2D eigenvalue weighted by Gasteiger charge is 2.29. The van der Waals surface area contributed by atoms with Crippen LogP contribution in [0, 0.1) is 0 Å². The molecule has 0 fully saturated rings. The van der Waals surface area contributed by atoms with Gasteiger partial charge in [-0.2, -0.15) is 0 Å². The molecule has 1 nitrogen and oxygen atoms in total. The molecule has 0 bridgehead atoms. The largest absolute Gasteiger partial charge is 0.381 e. The third kappa shape index (κ3) is 2.20. The van der Waals surface area contributed by atoms with Gasteiger partial charge in [0.05, 0.1) is 0 Å². The quantitative estimate of drug-likeness (QED) is 0.741. The van der Waals surface area contributed by atoms with E-state index in [-0.39, 0.29) is 0 Å². The van der Waals surface area contributed by atoms with Crippen molar-refractivity contribution in [1.29, 1.82) is 0 Å². The summed E-state index contributed by atoms with van der Waals surface area (Å²) in [6, 6.07) is 5.18. The molecule has 1 unspecified atom stereocenters. The van der Waals surface area contributed by atoms with Crippen LogP contribution in [0.25, 0.3) is 0 Å². The number of aliphatic hydroxyl groups is 1. The molecule has 1 aliphatic carbocycles. The Hall–Kier alpha value is -0.500. The highest BCUT2D eigenvalue weighted by atomic mass is 35.5. The van der Waals surface area contributed by atoms with Gasteiger partial charge >= 0.3 is 0 Å². The standard InChI is InChI=1S/C12H12Cl2O/c13-9-4-5-11(14)10(8-9)12(15)6-2-1-3-7-12/h2,4-6,8,15H,1,3,7H2. The maximum atomic E-state index is 10.4. The molecule has 80 valence electrons. The van der Waals surface area contributed by atoms with Crippen LogP contribution in [-0.2, 0) is 5.60 Å². The van der Waals surface area contributed by atoms with Crippen molar-refractivity contribution in [2.75, 3.05) is 0 Å². The molecule has 0 saturated carbocycles. The predicted molar refractivity (Wildman–Crippen MR) is 63.3 cm³/mol. The molecule has 1 aromatic carbocycles. The van der Waals surface area contributed by atoms with E-state index in [4.69, 9.17) is 23.2 Å². The van der Waals surface area contributed by atoms with Gasteiger partial charge in [0.1, 0.15) is 5.60 Å². The second-order valence-corrected chi connectivity index (χ2v) is 4.69. The molecule has 15 heavy (non-hydrogen) atoms. The zero-order valence-electron chi connectivity index (χ0n) is 8.21. The van der Waals surface area contributed by atoms with Gasteiger partial charge < -0.3 is 5.11 Å². The van der Waals surface area contributed by atoms with E-state index >= 15 is 0 Å². The molecule has 0 saturated heterocycles. The lowest BCUT2D eigenvalue weighted by Gasteiger charge is -2.28. The Labute approximate surface area is 99.3 Å². The van der Waals surface area contributed by atoms with Crippen LogP contribution in [0.5, 0.6) is 0 Å². The molecule has 0 radical (unpaired) electrons. The fraction of sp³-hybridized carbons (Fsp3) is 0.333. The van der Waals surface area contributed by atoms with Crippen LogP contribution in [-0.4, -0.2) is 5.11 Å². The van der Waals surface area contributed by atoms with Crippen LogP contribution >= 0.6 is 23.2 Å². The Balaban J connectivity index is 2.47. The van der Waals surface area contributed by atoms with E-state index in [0.29, 0.717) is 22.0 Å². The van der Waals surface area contributed by atoms with E-state index < -0.39 is 5.60 Å². The summed E-state index contributed by atoms with van der Waals surface area (Å²) in [6.07, 6.45) is 6.48. The van der Waals surface area contributed by atoms with Gasteiger partial charge in [0.25, 0.3) is 0 Å². The molecule has 0 amide bonds. The minimum absolute atomic E-state index is 0.563. The molecule has 0 aliphatic heterocycles. The van der Waals surface area contributed by atoms with Crippen LogP contribution in [0.3, 0.4) is 0 Å². The number of allylic oxidation sites excluding steroid dienone is 1. The van der Waals surface area contributed by atoms with Crippen LogP contribution in [0.1, 0.15) is 24.8 Å². The van der Waals surface area contributed by atoms with Gasteiger partial charge in [-0.25, -0.2) is 0 Å². The molecule has 0 spiro atoms. The number of hydrogen-bond acceptors (Lipinski definition) is 1. The third-order valence-corrected chi connectivity index (χ3v) is 3.28. The van der Waals surface area contributed by atoms with Crippen molar-refractivity contribution < 1.29 is 5.11 Å². The number of rotatable bonds is 1. The van der Waals surface area contributed by atoms with Crippen LogP contribution < -0.4 is 0 Å². The first-order valence-electron chi connectivity index (χ1n) is 4.97. The summed E-state index contributed by atoms with van der Waals surface area (Å²) >= 11 is 12.0.